The molecular formula is C24H27ClF6N4O6. The number of benzene rings is 1. The van der Waals surface area contributed by atoms with E-state index in [0.29, 0.717) is 12.1 Å². The number of fused-ring (bicyclic) bond motifs is 1. The Morgan fingerprint density at radius 3 is 2.24 bits per heavy atom. The topological polar surface area (TPSA) is 126 Å². The fourth-order valence-corrected chi connectivity index (χ4v) is 3.98. The predicted octanol–water partition coefficient (Wildman–Crippen LogP) is 4.11. The molecule has 0 fully saturated rings. The average Bonchev–Trinajstić information content (AvgIpc) is 3.21. The standard InChI is InChI=1S/C24H26F6N4O6.ClH/c1-11(2)38-23(37)40-12(3)39-21(36)20-18-10-33(4-5-34(18)22(32-20)24(28,29)30)19(35)8-14(31)6-13-7-16(26)17(27)9-15(13)25;/h7,9,11-12,14H,4-6,8,10,31H2,1-3H3;1H. The van der Waals surface area contributed by atoms with Crippen LogP contribution in [0.4, 0.5) is 31.1 Å². The Balaban J connectivity index is 0.00000588. The number of rotatable bonds is 8. The van der Waals surface area contributed by atoms with Gasteiger partial charge in [-0.2, -0.15) is 13.2 Å². The van der Waals surface area contributed by atoms with Crippen LogP contribution in [0.25, 0.3) is 0 Å². The van der Waals surface area contributed by atoms with Gasteiger partial charge in [-0.1, -0.05) is 0 Å². The minimum absolute atomic E-state index is 0. The summed E-state index contributed by atoms with van der Waals surface area (Å²) >= 11 is 0. The molecule has 0 saturated heterocycles. The summed E-state index contributed by atoms with van der Waals surface area (Å²) in [6.45, 7) is 3.15. The summed E-state index contributed by atoms with van der Waals surface area (Å²) in [5.41, 5.74) is 4.62. The molecule has 0 bridgehead atoms. The average molecular weight is 617 g/mol. The smallest absolute Gasteiger partial charge is 0.431 e. The maximum atomic E-state index is 13.9. The van der Waals surface area contributed by atoms with E-state index in [0.717, 1.165) is 16.4 Å². The van der Waals surface area contributed by atoms with Crippen LogP contribution in [0.5, 0.6) is 0 Å². The second kappa shape index (κ2) is 13.4. The van der Waals surface area contributed by atoms with E-state index in [1.54, 1.807) is 0 Å². The number of amides is 1. The van der Waals surface area contributed by atoms with Crippen LogP contribution in [0.1, 0.15) is 54.8 Å². The number of esters is 1. The molecule has 1 aliphatic heterocycles. The molecule has 0 spiro atoms. The van der Waals surface area contributed by atoms with Crippen molar-refractivity contribution in [3.05, 3.63) is 52.4 Å². The summed E-state index contributed by atoms with van der Waals surface area (Å²) in [5.74, 6) is -7.12. The number of imidazole rings is 1. The van der Waals surface area contributed by atoms with Gasteiger partial charge in [-0.3, -0.25) is 4.79 Å². The van der Waals surface area contributed by atoms with Crippen molar-refractivity contribution in [2.24, 2.45) is 5.73 Å². The van der Waals surface area contributed by atoms with Crippen molar-refractivity contribution in [3.8, 4) is 0 Å². The number of hydrogen-bond acceptors (Lipinski definition) is 8. The molecule has 41 heavy (non-hydrogen) atoms. The number of ether oxygens (including phenoxy) is 3. The lowest BCUT2D eigenvalue weighted by Gasteiger charge is -2.30. The summed E-state index contributed by atoms with van der Waals surface area (Å²) in [6.07, 6.45) is -8.94. The predicted molar refractivity (Wildman–Crippen MR) is 130 cm³/mol. The highest BCUT2D eigenvalue weighted by molar-refractivity contribution is 5.89. The quantitative estimate of drug-likeness (QED) is 0.203. The molecule has 1 amide bonds. The molecule has 1 aliphatic rings. The van der Waals surface area contributed by atoms with Crippen molar-refractivity contribution in [1.82, 2.24) is 14.5 Å². The lowest BCUT2D eigenvalue weighted by Crippen LogP contribution is -2.42. The van der Waals surface area contributed by atoms with E-state index < -0.39 is 84.6 Å². The van der Waals surface area contributed by atoms with E-state index in [1.165, 1.54) is 13.8 Å². The van der Waals surface area contributed by atoms with Gasteiger partial charge in [0.2, 0.25) is 18.0 Å². The molecule has 3 rings (SSSR count). The largest absolute Gasteiger partial charge is 0.511 e. The first-order chi connectivity index (χ1) is 18.6. The second-order valence-electron chi connectivity index (χ2n) is 9.23. The third-order valence-corrected chi connectivity index (χ3v) is 5.68. The maximum absolute atomic E-state index is 13.9. The molecule has 228 valence electrons. The first kappa shape index (κ1) is 33.7. The number of hydrogen-bond donors (Lipinski definition) is 1. The first-order valence-electron chi connectivity index (χ1n) is 12.0. The highest BCUT2D eigenvalue weighted by Crippen LogP contribution is 2.33. The van der Waals surface area contributed by atoms with Gasteiger partial charge >= 0.3 is 18.3 Å². The lowest BCUT2D eigenvalue weighted by molar-refractivity contribution is -0.148. The van der Waals surface area contributed by atoms with Gasteiger partial charge in [-0.15, -0.1) is 12.4 Å². The molecule has 2 heterocycles. The molecule has 2 unspecified atom stereocenters. The van der Waals surface area contributed by atoms with Crippen molar-refractivity contribution in [1.29, 1.82) is 0 Å². The van der Waals surface area contributed by atoms with Gasteiger partial charge in [-0.05, 0) is 31.9 Å². The SMILES string of the molecule is CC(C)OC(=O)OC(C)OC(=O)c1nc(C(F)(F)F)n2c1CN(C(=O)CC(N)Cc1cc(F)c(F)cc1F)CC2.Cl. The van der Waals surface area contributed by atoms with Gasteiger partial charge in [0.15, 0.2) is 17.3 Å². The Hall–Kier alpha value is -3.53. The Kier molecular flexibility index (Phi) is 11.0. The Bertz CT molecular complexity index is 1290. The Morgan fingerprint density at radius 1 is 1.00 bits per heavy atom. The van der Waals surface area contributed by atoms with Crippen molar-refractivity contribution in [3.63, 3.8) is 0 Å². The fourth-order valence-electron chi connectivity index (χ4n) is 3.98. The van der Waals surface area contributed by atoms with Crippen molar-refractivity contribution in [2.75, 3.05) is 6.54 Å². The number of aromatic nitrogens is 2. The van der Waals surface area contributed by atoms with Crippen molar-refractivity contribution >= 4 is 30.4 Å². The molecule has 2 N–H and O–H groups in total. The summed E-state index contributed by atoms with van der Waals surface area (Å²) in [5, 5.41) is 0. The zero-order valence-corrected chi connectivity index (χ0v) is 22.8. The van der Waals surface area contributed by atoms with Gasteiger partial charge < -0.3 is 29.4 Å². The monoisotopic (exact) mass is 616 g/mol. The van der Waals surface area contributed by atoms with Crippen LogP contribution in [-0.4, -0.2) is 57.5 Å². The molecule has 17 heteroatoms. The summed E-state index contributed by atoms with van der Waals surface area (Å²) in [4.78, 5) is 41.7. The number of halogens is 7. The maximum Gasteiger partial charge on any atom is 0.511 e. The highest BCUT2D eigenvalue weighted by atomic mass is 35.5. The molecule has 0 radical (unpaired) electrons. The molecule has 1 aromatic carbocycles. The summed E-state index contributed by atoms with van der Waals surface area (Å²) in [6, 6.07) is -0.0706. The number of nitrogens with zero attached hydrogens (tertiary/aromatic N) is 3. The van der Waals surface area contributed by atoms with Crippen LogP contribution >= 0.6 is 12.4 Å². The molecule has 0 saturated carbocycles. The summed E-state index contributed by atoms with van der Waals surface area (Å²) in [7, 11) is 0. The number of alkyl halides is 3. The normalized spacial score (nSPS) is 14.6. The zero-order chi connectivity index (χ0) is 29.9. The van der Waals surface area contributed by atoms with Crippen LogP contribution in [0.15, 0.2) is 12.1 Å². The minimum atomic E-state index is -4.94. The number of carbonyl (C=O) groups is 3. The van der Waals surface area contributed by atoms with Crippen LogP contribution in [0, 0.1) is 17.5 Å². The van der Waals surface area contributed by atoms with E-state index in [1.807, 2.05) is 0 Å². The first-order valence-corrected chi connectivity index (χ1v) is 12.0. The second-order valence-corrected chi connectivity index (χ2v) is 9.23. The number of nitrogens with two attached hydrogens (primary N) is 1. The van der Waals surface area contributed by atoms with Crippen LogP contribution in [-0.2, 0) is 44.7 Å². The van der Waals surface area contributed by atoms with Crippen LogP contribution in [0.3, 0.4) is 0 Å². The van der Waals surface area contributed by atoms with E-state index in [4.69, 9.17) is 19.9 Å². The van der Waals surface area contributed by atoms with Gasteiger partial charge in [0.1, 0.15) is 5.82 Å². The van der Waals surface area contributed by atoms with Gasteiger partial charge in [0.25, 0.3) is 0 Å². The van der Waals surface area contributed by atoms with Gasteiger partial charge in [-0.25, -0.2) is 27.7 Å². The fraction of sp³-hybridized carbons (Fsp3) is 0.500. The van der Waals surface area contributed by atoms with E-state index >= 15 is 0 Å². The molecule has 2 atom stereocenters. The molecule has 2 aromatic rings. The van der Waals surface area contributed by atoms with E-state index in [-0.39, 0.29) is 43.2 Å². The number of carbonyl (C=O) groups excluding carboxylic acids is 3. The molecule has 1 aromatic heterocycles. The Morgan fingerprint density at radius 2 is 1.63 bits per heavy atom. The summed E-state index contributed by atoms with van der Waals surface area (Å²) < 4.78 is 96.6. The Labute approximate surface area is 236 Å². The van der Waals surface area contributed by atoms with Gasteiger partial charge in [0.05, 0.1) is 18.3 Å². The molecule has 10 nitrogen and oxygen atoms in total. The van der Waals surface area contributed by atoms with Crippen molar-refractivity contribution < 1.29 is 54.9 Å². The molecule has 0 aliphatic carbocycles. The molecular weight excluding hydrogens is 590 g/mol. The zero-order valence-electron chi connectivity index (χ0n) is 22.0. The lowest BCUT2D eigenvalue weighted by atomic mass is 10.0. The third-order valence-electron chi connectivity index (χ3n) is 5.68. The van der Waals surface area contributed by atoms with Crippen LogP contribution < -0.4 is 5.73 Å². The van der Waals surface area contributed by atoms with Crippen LogP contribution in [0.2, 0.25) is 0 Å². The third kappa shape index (κ3) is 8.48. The highest BCUT2D eigenvalue weighted by Gasteiger charge is 2.42. The van der Waals surface area contributed by atoms with Gasteiger partial charge in [0, 0.05) is 38.5 Å². The van der Waals surface area contributed by atoms with Crippen molar-refractivity contribution in [2.45, 2.75) is 71.3 Å². The van der Waals surface area contributed by atoms with E-state index in [9.17, 15) is 40.7 Å². The van der Waals surface area contributed by atoms with E-state index in [2.05, 4.69) is 4.98 Å². The minimum Gasteiger partial charge on any atom is -0.431 e.